The fraction of sp³-hybridized carbons (Fsp3) is 0.100. The van der Waals surface area contributed by atoms with Crippen molar-refractivity contribution in [1.82, 2.24) is 4.98 Å². The molecule has 0 spiro atoms. The summed E-state index contributed by atoms with van der Waals surface area (Å²) in [7, 11) is 0. The number of nitriles is 1. The van der Waals surface area contributed by atoms with E-state index in [1.54, 1.807) is 18.2 Å². The zero-order valence-electron chi connectivity index (χ0n) is 7.61. The highest BCUT2D eigenvalue weighted by molar-refractivity contribution is 5.99. The highest BCUT2D eigenvalue weighted by Crippen LogP contribution is 2.13. The molecule has 0 atom stereocenters. The molecule has 0 aliphatic heterocycles. The Morgan fingerprint density at radius 2 is 2.33 bits per heavy atom. The largest absolute Gasteiger partial charge is 0.417 e. The van der Waals surface area contributed by atoms with Crippen molar-refractivity contribution in [2.75, 3.05) is 0 Å². The summed E-state index contributed by atoms with van der Waals surface area (Å²) in [4.78, 5) is 24.6. The van der Waals surface area contributed by atoms with Gasteiger partial charge in [-0.25, -0.2) is 4.79 Å². The second-order valence-corrected chi connectivity index (χ2v) is 2.98. The molecule has 0 unspecified atom stereocenters. The Kier molecular flexibility index (Phi) is 2.10. The van der Waals surface area contributed by atoms with Gasteiger partial charge in [0, 0.05) is 5.56 Å². The lowest BCUT2D eigenvalue weighted by atomic mass is 10.1. The normalized spacial score (nSPS) is 10.1. The smallest absolute Gasteiger partial charge is 0.408 e. The van der Waals surface area contributed by atoms with E-state index in [9.17, 15) is 9.59 Å². The number of hydrogen-bond acceptors (Lipinski definition) is 4. The molecule has 0 aliphatic carbocycles. The molecule has 0 aliphatic rings. The summed E-state index contributed by atoms with van der Waals surface area (Å²) in [6.07, 6.45) is -0.180. The van der Waals surface area contributed by atoms with Crippen molar-refractivity contribution in [3.05, 3.63) is 34.3 Å². The summed E-state index contributed by atoms with van der Waals surface area (Å²) in [5.41, 5.74) is 1.23. The number of rotatable bonds is 2. The second kappa shape index (κ2) is 3.42. The van der Waals surface area contributed by atoms with Crippen molar-refractivity contribution in [3.63, 3.8) is 0 Å². The second-order valence-electron chi connectivity index (χ2n) is 2.98. The number of aromatic nitrogens is 1. The van der Waals surface area contributed by atoms with Gasteiger partial charge in [0.1, 0.15) is 0 Å². The molecule has 0 saturated heterocycles. The van der Waals surface area contributed by atoms with Crippen molar-refractivity contribution in [2.24, 2.45) is 0 Å². The molecule has 1 heterocycles. The predicted octanol–water partition coefficient (Wildman–Crippen LogP) is 1.22. The van der Waals surface area contributed by atoms with Gasteiger partial charge in [-0.1, -0.05) is 0 Å². The molecule has 15 heavy (non-hydrogen) atoms. The minimum atomic E-state index is -0.560. The number of oxazole rings is 1. The fourth-order valence-corrected chi connectivity index (χ4v) is 1.29. The van der Waals surface area contributed by atoms with E-state index in [0.717, 1.165) is 0 Å². The number of nitrogens with one attached hydrogen (secondary N) is 1. The number of H-pyrrole nitrogens is 1. The van der Waals surface area contributed by atoms with E-state index in [4.69, 9.17) is 9.68 Å². The summed E-state index contributed by atoms with van der Waals surface area (Å²) >= 11 is 0. The Balaban J connectivity index is 2.52. The van der Waals surface area contributed by atoms with Gasteiger partial charge in [-0.3, -0.25) is 9.78 Å². The van der Waals surface area contributed by atoms with E-state index in [1.165, 1.54) is 6.07 Å². The Morgan fingerprint density at radius 1 is 1.53 bits per heavy atom. The number of nitrogens with zero attached hydrogens (tertiary/aromatic N) is 1. The molecule has 1 aromatic carbocycles. The number of carbonyl (C=O) groups excluding carboxylic acids is 1. The van der Waals surface area contributed by atoms with Crippen LogP contribution in [-0.4, -0.2) is 10.8 Å². The van der Waals surface area contributed by atoms with E-state index in [1.807, 2.05) is 0 Å². The first-order chi connectivity index (χ1) is 7.20. The van der Waals surface area contributed by atoms with Gasteiger partial charge in [0.05, 0.1) is 18.0 Å². The molecular formula is C10H6N2O3. The Bertz CT molecular complexity index is 615. The number of aromatic amines is 1. The Morgan fingerprint density at radius 3 is 3.07 bits per heavy atom. The molecule has 0 fully saturated rings. The minimum absolute atomic E-state index is 0.180. The van der Waals surface area contributed by atoms with Gasteiger partial charge in [0.15, 0.2) is 11.4 Å². The molecule has 2 aromatic rings. The maximum absolute atomic E-state index is 11.3. The molecule has 0 saturated carbocycles. The number of ketones is 1. The SMILES string of the molecule is N#CCC(=O)c1ccc2[nH]c(=O)oc2c1. The summed E-state index contributed by atoms with van der Waals surface area (Å²) in [5, 5.41) is 8.36. The third-order valence-electron chi connectivity index (χ3n) is 1.98. The average molecular weight is 202 g/mol. The summed E-state index contributed by atoms with van der Waals surface area (Å²) in [6.45, 7) is 0. The van der Waals surface area contributed by atoms with Gasteiger partial charge in [0.2, 0.25) is 0 Å². The van der Waals surface area contributed by atoms with E-state index in [0.29, 0.717) is 16.7 Å². The van der Waals surface area contributed by atoms with Gasteiger partial charge in [0.25, 0.3) is 0 Å². The van der Waals surface area contributed by atoms with Crippen LogP contribution in [0.15, 0.2) is 27.4 Å². The van der Waals surface area contributed by atoms with Crippen LogP contribution in [0.4, 0.5) is 0 Å². The van der Waals surface area contributed by atoms with Gasteiger partial charge >= 0.3 is 5.76 Å². The molecule has 74 valence electrons. The maximum atomic E-state index is 11.3. The molecule has 5 heteroatoms. The molecule has 5 nitrogen and oxygen atoms in total. The number of carbonyl (C=O) groups is 1. The molecule has 1 N–H and O–H groups in total. The van der Waals surface area contributed by atoms with Crippen LogP contribution in [-0.2, 0) is 0 Å². The molecular weight excluding hydrogens is 196 g/mol. The first-order valence-corrected chi connectivity index (χ1v) is 4.24. The molecule has 0 amide bonds. The monoisotopic (exact) mass is 202 g/mol. The predicted molar refractivity (Wildman–Crippen MR) is 51.4 cm³/mol. The number of Topliss-reactive ketones (excluding diaryl/α,β-unsaturated/α-hetero) is 1. The van der Waals surface area contributed by atoms with Crippen LogP contribution < -0.4 is 5.76 Å². The van der Waals surface area contributed by atoms with Crippen LogP contribution in [0.25, 0.3) is 11.1 Å². The highest BCUT2D eigenvalue weighted by atomic mass is 16.4. The van der Waals surface area contributed by atoms with Crippen LogP contribution >= 0.6 is 0 Å². The lowest BCUT2D eigenvalue weighted by Gasteiger charge is -1.94. The van der Waals surface area contributed by atoms with E-state index in [-0.39, 0.29) is 12.2 Å². The van der Waals surface area contributed by atoms with E-state index in [2.05, 4.69) is 4.98 Å². The van der Waals surface area contributed by atoms with Crippen LogP contribution in [0, 0.1) is 11.3 Å². The van der Waals surface area contributed by atoms with Crippen molar-refractivity contribution in [2.45, 2.75) is 6.42 Å². The third kappa shape index (κ3) is 1.65. The summed E-state index contributed by atoms with van der Waals surface area (Å²) in [5.74, 6) is -0.849. The van der Waals surface area contributed by atoms with Crippen molar-refractivity contribution in [3.8, 4) is 6.07 Å². The van der Waals surface area contributed by atoms with Crippen molar-refractivity contribution < 1.29 is 9.21 Å². The van der Waals surface area contributed by atoms with Gasteiger partial charge in [-0.15, -0.1) is 0 Å². The average Bonchev–Trinajstić information content (AvgIpc) is 2.57. The van der Waals surface area contributed by atoms with Crippen LogP contribution in [0.1, 0.15) is 16.8 Å². The first-order valence-electron chi connectivity index (χ1n) is 4.24. The van der Waals surface area contributed by atoms with Crippen molar-refractivity contribution >= 4 is 16.9 Å². The first kappa shape index (κ1) is 9.21. The number of hydrogen-bond donors (Lipinski definition) is 1. The van der Waals surface area contributed by atoms with Crippen molar-refractivity contribution in [1.29, 1.82) is 5.26 Å². The molecule has 0 bridgehead atoms. The standard InChI is InChI=1S/C10H6N2O3/c11-4-3-8(13)6-1-2-7-9(5-6)15-10(14)12-7/h1-2,5H,3H2,(H,12,14). The zero-order chi connectivity index (χ0) is 10.8. The highest BCUT2D eigenvalue weighted by Gasteiger charge is 2.08. The van der Waals surface area contributed by atoms with E-state index >= 15 is 0 Å². The Hall–Kier alpha value is -2.35. The van der Waals surface area contributed by atoms with Crippen LogP contribution in [0.2, 0.25) is 0 Å². The maximum Gasteiger partial charge on any atom is 0.417 e. The van der Waals surface area contributed by atoms with E-state index < -0.39 is 5.76 Å². The van der Waals surface area contributed by atoms with Gasteiger partial charge in [-0.2, -0.15) is 5.26 Å². The molecule has 1 aromatic heterocycles. The van der Waals surface area contributed by atoms with Crippen LogP contribution in [0.3, 0.4) is 0 Å². The lowest BCUT2D eigenvalue weighted by molar-refractivity contribution is 0.0997. The number of benzene rings is 1. The van der Waals surface area contributed by atoms with Gasteiger partial charge in [-0.05, 0) is 18.2 Å². The summed E-state index contributed by atoms with van der Waals surface area (Å²) in [6, 6.07) is 6.34. The minimum Gasteiger partial charge on any atom is -0.408 e. The number of fused-ring (bicyclic) bond motifs is 1. The topological polar surface area (TPSA) is 86.9 Å². The van der Waals surface area contributed by atoms with Gasteiger partial charge < -0.3 is 4.42 Å². The third-order valence-corrected chi connectivity index (χ3v) is 1.98. The molecule has 2 rings (SSSR count). The lowest BCUT2D eigenvalue weighted by Crippen LogP contribution is -1.96. The van der Waals surface area contributed by atoms with Crippen LogP contribution in [0.5, 0.6) is 0 Å². The quantitative estimate of drug-likeness (QED) is 0.741. The Labute approximate surface area is 83.9 Å². The zero-order valence-corrected chi connectivity index (χ0v) is 7.61. The fourth-order valence-electron chi connectivity index (χ4n) is 1.29. The summed E-state index contributed by atoms with van der Waals surface area (Å²) < 4.78 is 4.79. The molecule has 0 radical (unpaired) electrons.